The van der Waals surface area contributed by atoms with Crippen LogP contribution in [0.3, 0.4) is 0 Å². The molecule has 0 radical (unpaired) electrons. The molecule has 1 aliphatic carbocycles. The molecule has 0 fully saturated rings. The van der Waals surface area contributed by atoms with Crippen LogP contribution >= 0.6 is 34.5 Å². The van der Waals surface area contributed by atoms with Gasteiger partial charge < -0.3 is 9.47 Å². The van der Waals surface area contributed by atoms with Gasteiger partial charge in [-0.1, -0.05) is 23.2 Å². The maximum Gasteiger partial charge on any atom is 0.341 e. The number of fused-ring (bicyclic) bond motifs is 1. The van der Waals surface area contributed by atoms with Crippen molar-refractivity contribution in [2.45, 2.75) is 30.6 Å². The third-order valence-electron chi connectivity index (χ3n) is 4.31. The normalized spacial score (nSPS) is 13.8. The zero-order valence-electron chi connectivity index (χ0n) is 14.6. The van der Waals surface area contributed by atoms with Crippen LogP contribution in [0.1, 0.15) is 33.6 Å². The number of carbonyl (C=O) groups is 1. The summed E-state index contributed by atoms with van der Waals surface area (Å²) >= 11 is 13.5. The first-order chi connectivity index (χ1) is 12.8. The Bertz CT molecular complexity index is 1000. The number of halogens is 2. The molecule has 0 saturated carbocycles. The Morgan fingerprint density at radius 3 is 2.52 bits per heavy atom. The predicted octanol–water partition coefficient (Wildman–Crippen LogP) is 4.53. The summed E-state index contributed by atoms with van der Waals surface area (Å²) in [4.78, 5) is 13.1. The fourth-order valence-corrected chi connectivity index (χ4v) is 6.44. The molecule has 0 amide bonds. The Labute approximate surface area is 171 Å². The lowest BCUT2D eigenvalue weighted by atomic mass is 9.95. The average molecular weight is 450 g/mol. The quantitative estimate of drug-likeness (QED) is 0.677. The highest BCUT2D eigenvalue weighted by atomic mass is 35.5. The second-order valence-electron chi connectivity index (χ2n) is 5.91. The molecule has 0 atom stereocenters. The number of hydrogen-bond acceptors (Lipinski definition) is 6. The summed E-state index contributed by atoms with van der Waals surface area (Å²) < 4.78 is 38.2. The van der Waals surface area contributed by atoms with E-state index in [2.05, 4.69) is 4.72 Å². The van der Waals surface area contributed by atoms with Gasteiger partial charge in [0.2, 0.25) is 0 Å². The van der Waals surface area contributed by atoms with Crippen LogP contribution in [0, 0.1) is 0 Å². The van der Waals surface area contributed by atoms with Crippen molar-refractivity contribution in [1.29, 1.82) is 0 Å². The predicted molar refractivity (Wildman–Crippen MR) is 106 cm³/mol. The van der Waals surface area contributed by atoms with Crippen LogP contribution in [0.4, 0.5) is 5.00 Å². The minimum Gasteiger partial charge on any atom is -0.495 e. The molecular formula is C17H17Cl2NO5S2. The summed E-state index contributed by atoms with van der Waals surface area (Å²) in [6.45, 7) is 0. The van der Waals surface area contributed by atoms with E-state index in [9.17, 15) is 13.2 Å². The molecule has 0 spiro atoms. The standard InChI is InChI=1S/C17H17Cl2NO5S2/c1-24-10-7-8-12(15(19)14(10)18)27(22,23)20-16-13(17(21)25-2)9-5-3-4-6-11(9)26-16/h7-8,20H,3-6H2,1-2H3. The van der Waals surface area contributed by atoms with Gasteiger partial charge in [-0.3, -0.25) is 4.72 Å². The zero-order chi connectivity index (χ0) is 19.8. The molecule has 10 heteroatoms. The molecule has 0 saturated heterocycles. The number of rotatable bonds is 5. The number of ether oxygens (including phenoxy) is 2. The first-order valence-corrected chi connectivity index (χ1v) is 11.1. The lowest BCUT2D eigenvalue weighted by molar-refractivity contribution is 0.0601. The molecule has 0 aliphatic heterocycles. The van der Waals surface area contributed by atoms with Gasteiger partial charge in [-0.25, -0.2) is 13.2 Å². The van der Waals surface area contributed by atoms with E-state index in [1.165, 1.54) is 37.7 Å². The summed E-state index contributed by atoms with van der Waals surface area (Å²) in [6, 6.07) is 2.73. The van der Waals surface area contributed by atoms with Crippen molar-refractivity contribution in [3.63, 3.8) is 0 Å². The topological polar surface area (TPSA) is 81.7 Å². The van der Waals surface area contributed by atoms with E-state index in [4.69, 9.17) is 32.7 Å². The molecule has 146 valence electrons. The van der Waals surface area contributed by atoms with E-state index in [1.807, 2.05) is 0 Å². The number of methoxy groups -OCH3 is 2. The Balaban J connectivity index is 2.06. The van der Waals surface area contributed by atoms with E-state index >= 15 is 0 Å². The van der Waals surface area contributed by atoms with Crippen LogP contribution in [0.25, 0.3) is 0 Å². The Morgan fingerprint density at radius 1 is 1.15 bits per heavy atom. The lowest BCUT2D eigenvalue weighted by Gasteiger charge is -2.13. The summed E-state index contributed by atoms with van der Waals surface area (Å²) in [5.74, 6) is -0.298. The second-order valence-corrected chi connectivity index (χ2v) is 9.42. The average Bonchev–Trinajstić information content (AvgIpc) is 3.00. The highest BCUT2D eigenvalue weighted by Gasteiger charge is 2.30. The van der Waals surface area contributed by atoms with Gasteiger partial charge in [0.15, 0.2) is 0 Å². The minimum atomic E-state index is -4.07. The Kier molecular flexibility index (Phi) is 5.90. The van der Waals surface area contributed by atoms with E-state index in [0.717, 1.165) is 29.7 Å². The number of benzene rings is 1. The number of hydrogen-bond donors (Lipinski definition) is 1. The monoisotopic (exact) mass is 449 g/mol. The number of aryl methyl sites for hydroxylation is 1. The molecular weight excluding hydrogens is 433 g/mol. The van der Waals surface area contributed by atoms with Gasteiger partial charge in [-0.15, -0.1) is 11.3 Å². The molecule has 6 nitrogen and oxygen atoms in total. The number of carbonyl (C=O) groups excluding carboxylic acids is 1. The van der Waals surface area contributed by atoms with Crippen molar-refractivity contribution in [3.8, 4) is 5.75 Å². The SMILES string of the molecule is COC(=O)c1c(NS(=O)(=O)c2ccc(OC)c(Cl)c2Cl)sc2c1CCCC2. The van der Waals surface area contributed by atoms with Crippen LogP contribution in [-0.2, 0) is 27.6 Å². The van der Waals surface area contributed by atoms with Gasteiger partial charge in [0.1, 0.15) is 20.7 Å². The van der Waals surface area contributed by atoms with Crippen molar-refractivity contribution in [2.24, 2.45) is 0 Å². The van der Waals surface area contributed by atoms with Gasteiger partial charge in [0, 0.05) is 4.88 Å². The third kappa shape index (κ3) is 3.76. The van der Waals surface area contributed by atoms with Crippen molar-refractivity contribution in [2.75, 3.05) is 18.9 Å². The van der Waals surface area contributed by atoms with Crippen LogP contribution in [-0.4, -0.2) is 28.6 Å². The molecule has 27 heavy (non-hydrogen) atoms. The highest BCUT2D eigenvalue weighted by Crippen LogP contribution is 2.41. The van der Waals surface area contributed by atoms with Crippen LogP contribution < -0.4 is 9.46 Å². The molecule has 0 unspecified atom stereocenters. The van der Waals surface area contributed by atoms with Gasteiger partial charge in [-0.05, 0) is 43.4 Å². The lowest BCUT2D eigenvalue weighted by Crippen LogP contribution is -2.16. The van der Waals surface area contributed by atoms with Crippen molar-refractivity contribution in [1.82, 2.24) is 0 Å². The minimum absolute atomic E-state index is 0.000655. The van der Waals surface area contributed by atoms with E-state index in [0.29, 0.717) is 6.42 Å². The van der Waals surface area contributed by atoms with Crippen LogP contribution in [0.15, 0.2) is 17.0 Å². The molecule has 2 aromatic rings. The van der Waals surface area contributed by atoms with Gasteiger partial charge in [-0.2, -0.15) is 0 Å². The maximum atomic E-state index is 12.9. The van der Waals surface area contributed by atoms with E-state index in [1.54, 1.807) is 0 Å². The molecule has 1 aliphatic rings. The van der Waals surface area contributed by atoms with Gasteiger partial charge in [0.25, 0.3) is 10.0 Å². The molecule has 1 N–H and O–H groups in total. The fourth-order valence-electron chi connectivity index (χ4n) is 3.01. The van der Waals surface area contributed by atoms with Crippen molar-refractivity contribution < 1.29 is 22.7 Å². The summed E-state index contributed by atoms with van der Waals surface area (Å²) in [5, 5.41) is 0.0851. The number of thiophene rings is 1. The first-order valence-electron chi connectivity index (χ1n) is 8.07. The van der Waals surface area contributed by atoms with Gasteiger partial charge in [0.05, 0.1) is 24.8 Å². The van der Waals surface area contributed by atoms with Crippen LogP contribution in [0.5, 0.6) is 5.75 Å². The van der Waals surface area contributed by atoms with Crippen LogP contribution in [0.2, 0.25) is 10.0 Å². The van der Waals surface area contributed by atoms with Gasteiger partial charge >= 0.3 is 5.97 Å². The number of sulfonamides is 1. The van der Waals surface area contributed by atoms with E-state index < -0.39 is 16.0 Å². The fraction of sp³-hybridized carbons (Fsp3) is 0.353. The Morgan fingerprint density at radius 2 is 1.85 bits per heavy atom. The molecule has 3 rings (SSSR count). The summed E-state index contributed by atoms with van der Waals surface area (Å²) in [6.07, 6.45) is 3.47. The smallest absolute Gasteiger partial charge is 0.341 e. The third-order valence-corrected chi connectivity index (χ3v) is 8.01. The number of esters is 1. The van der Waals surface area contributed by atoms with E-state index in [-0.39, 0.29) is 31.3 Å². The maximum absolute atomic E-state index is 12.9. The second kappa shape index (κ2) is 7.87. The van der Waals surface area contributed by atoms with Crippen molar-refractivity contribution >= 4 is 55.5 Å². The first kappa shape index (κ1) is 20.3. The molecule has 1 aromatic heterocycles. The highest BCUT2D eigenvalue weighted by molar-refractivity contribution is 7.93. The molecule has 0 bridgehead atoms. The summed E-state index contributed by atoms with van der Waals surface area (Å²) in [5.41, 5.74) is 1.13. The van der Waals surface area contributed by atoms with Crippen molar-refractivity contribution in [3.05, 3.63) is 38.2 Å². The summed E-state index contributed by atoms with van der Waals surface area (Å²) in [7, 11) is -1.40. The largest absolute Gasteiger partial charge is 0.495 e. The molecule has 1 aromatic carbocycles. The number of anilines is 1. The molecule has 1 heterocycles. The zero-order valence-corrected chi connectivity index (χ0v) is 17.7. The Hall–Kier alpha value is -1.48. The number of nitrogens with one attached hydrogen (secondary N) is 1.